The van der Waals surface area contributed by atoms with Crippen LogP contribution >= 0.6 is 0 Å². The summed E-state index contributed by atoms with van der Waals surface area (Å²) < 4.78 is 0. The minimum atomic E-state index is -0.988. The van der Waals surface area contributed by atoms with Crippen molar-refractivity contribution in [1.82, 2.24) is 5.32 Å². The van der Waals surface area contributed by atoms with Gasteiger partial charge in [-0.1, -0.05) is 19.0 Å². The van der Waals surface area contributed by atoms with Crippen LogP contribution in [-0.2, 0) is 4.79 Å². The molecule has 5 nitrogen and oxygen atoms in total. The summed E-state index contributed by atoms with van der Waals surface area (Å²) in [6.45, 7) is 9.18. The summed E-state index contributed by atoms with van der Waals surface area (Å²) in [7, 11) is 0. The summed E-state index contributed by atoms with van der Waals surface area (Å²) in [6, 6.07) is 0.0586. The van der Waals surface area contributed by atoms with Crippen LogP contribution in [-0.4, -0.2) is 23.0 Å². The van der Waals surface area contributed by atoms with E-state index in [0.717, 1.165) is 0 Å². The number of carbonyl (C=O) groups excluding carboxylic acids is 1. The highest BCUT2D eigenvalue weighted by atomic mass is 16.4. The number of carbonyl (C=O) groups is 1. The van der Waals surface area contributed by atoms with E-state index in [9.17, 15) is 4.79 Å². The molecule has 1 atom stereocenters. The van der Waals surface area contributed by atoms with Gasteiger partial charge in [0.1, 0.15) is 5.41 Å². The molecule has 0 saturated carbocycles. The number of amides is 1. The van der Waals surface area contributed by atoms with Gasteiger partial charge in [-0.05, 0) is 26.7 Å². The summed E-state index contributed by atoms with van der Waals surface area (Å²) in [6.07, 6.45) is 0. The zero-order valence-corrected chi connectivity index (χ0v) is 10.0. The Balaban J connectivity index is 4.59. The predicted molar refractivity (Wildman–Crippen MR) is 59.6 cm³/mol. The van der Waals surface area contributed by atoms with Crippen molar-refractivity contribution < 1.29 is 10.0 Å². The molecular weight excluding hydrogens is 194 g/mol. The van der Waals surface area contributed by atoms with E-state index in [1.54, 1.807) is 13.8 Å². The predicted octanol–water partition coefficient (Wildman–Crippen LogP) is 0.920. The van der Waals surface area contributed by atoms with Crippen molar-refractivity contribution >= 4 is 11.7 Å². The van der Waals surface area contributed by atoms with Crippen molar-refractivity contribution in [1.29, 1.82) is 0 Å². The van der Waals surface area contributed by atoms with E-state index in [1.807, 2.05) is 20.8 Å². The molecule has 5 heteroatoms. The number of hydrogen-bond acceptors (Lipinski definition) is 3. The molecule has 88 valence electrons. The largest absolute Gasteiger partial charge is 0.409 e. The Morgan fingerprint density at radius 1 is 1.40 bits per heavy atom. The highest BCUT2D eigenvalue weighted by Crippen LogP contribution is 2.16. The van der Waals surface area contributed by atoms with Crippen molar-refractivity contribution in [3.05, 3.63) is 0 Å². The first kappa shape index (κ1) is 13.7. The van der Waals surface area contributed by atoms with Gasteiger partial charge in [0.2, 0.25) is 5.91 Å². The van der Waals surface area contributed by atoms with Gasteiger partial charge in [-0.2, -0.15) is 0 Å². The van der Waals surface area contributed by atoms with Gasteiger partial charge in [-0.15, -0.1) is 0 Å². The minimum Gasteiger partial charge on any atom is -0.409 e. The lowest BCUT2D eigenvalue weighted by Gasteiger charge is -2.26. The SMILES string of the molecule is CC(C)C(C)NC(=O)C(C)(C)C(N)=NO. The highest BCUT2D eigenvalue weighted by Gasteiger charge is 2.33. The summed E-state index contributed by atoms with van der Waals surface area (Å²) >= 11 is 0. The molecule has 0 aliphatic rings. The molecule has 0 heterocycles. The lowest BCUT2D eigenvalue weighted by molar-refractivity contribution is -0.127. The quantitative estimate of drug-likeness (QED) is 0.282. The fourth-order valence-electron chi connectivity index (χ4n) is 0.795. The molecule has 0 aromatic heterocycles. The van der Waals surface area contributed by atoms with Crippen LogP contribution in [0.4, 0.5) is 0 Å². The second kappa shape index (κ2) is 5.00. The van der Waals surface area contributed by atoms with Crippen molar-refractivity contribution in [2.45, 2.75) is 40.7 Å². The van der Waals surface area contributed by atoms with Crippen LogP contribution in [0.25, 0.3) is 0 Å². The van der Waals surface area contributed by atoms with Crippen molar-refractivity contribution in [3.63, 3.8) is 0 Å². The van der Waals surface area contributed by atoms with E-state index < -0.39 is 5.41 Å². The van der Waals surface area contributed by atoms with Gasteiger partial charge in [0.15, 0.2) is 5.84 Å². The van der Waals surface area contributed by atoms with Crippen molar-refractivity contribution in [2.24, 2.45) is 22.2 Å². The Bertz CT molecular complexity index is 259. The van der Waals surface area contributed by atoms with Gasteiger partial charge in [0.25, 0.3) is 0 Å². The van der Waals surface area contributed by atoms with Gasteiger partial charge in [-0.25, -0.2) is 0 Å². The fraction of sp³-hybridized carbons (Fsp3) is 0.800. The van der Waals surface area contributed by atoms with Crippen LogP contribution in [0.15, 0.2) is 5.16 Å². The zero-order valence-electron chi connectivity index (χ0n) is 10.0. The fourth-order valence-corrected chi connectivity index (χ4v) is 0.795. The van der Waals surface area contributed by atoms with Gasteiger partial charge in [-0.3, -0.25) is 4.79 Å². The highest BCUT2D eigenvalue weighted by molar-refractivity contribution is 6.05. The Morgan fingerprint density at radius 3 is 2.20 bits per heavy atom. The van der Waals surface area contributed by atoms with Crippen molar-refractivity contribution in [2.75, 3.05) is 0 Å². The molecule has 15 heavy (non-hydrogen) atoms. The topological polar surface area (TPSA) is 87.7 Å². The summed E-state index contributed by atoms with van der Waals surface area (Å²) in [5.41, 5.74) is 4.45. The maximum Gasteiger partial charge on any atom is 0.233 e. The molecule has 0 aliphatic heterocycles. The molecule has 0 rings (SSSR count). The van der Waals surface area contributed by atoms with Crippen LogP contribution in [0.2, 0.25) is 0 Å². The molecule has 1 unspecified atom stereocenters. The van der Waals surface area contributed by atoms with Crippen LogP contribution in [0.5, 0.6) is 0 Å². The summed E-state index contributed by atoms with van der Waals surface area (Å²) in [4.78, 5) is 11.8. The standard InChI is InChI=1S/C10H21N3O2/c1-6(2)7(3)12-9(14)10(4,5)8(11)13-15/h6-7,15H,1-5H3,(H2,11,13)(H,12,14). The monoisotopic (exact) mass is 215 g/mol. The lowest BCUT2D eigenvalue weighted by atomic mass is 9.90. The third-order valence-electron chi connectivity index (χ3n) is 2.67. The van der Waals surface area contributed by atoms with Gasteiger partial charge < -0.3 is 16.3 Å². The average molecular weight is 215 g/mol. The van der Waals surface area contributed by atoms with Gasteiger partial charge >= 0.3 is 0 Å². The Kier molecular flexibility index (Phi) is 4.58. The third-order valence-corrected chi connectivity index (χ3v) is 2.67. The maximum atomic E-state index is 11.8. The van der Waals surface area contributed by atoms with Crippen molar-refractivity contribution in [3.8, 4) is 0 Å². The third kappa shape index (κ3) is 3.42. The van der Waals surface area contributed by atoms with Crippen LogP contribution < -0.4 is 11.1 Å². The smallest absolute Gasteiger partial charge is 0.233 e. The lowest BCUT2D eigenvalue weighted by Crippen LogP contribution is -2.49. The zero-order chi connectivity index (χ0) is 12.2. The first-order valence-electron chi connectivity index (χ1n) is 5.02. The maximum absolute atomic E-state index is 11.8. The minimum absolute atomic E-state index is 0.0586. The molecule has 0 saturated heterocycles. The second-order valence-electron chi connectivity index (χ2n) is 4.62. The number of rotatable bonds is 4. The van der Waals surface area contributed by atoms with Crippen LogP contribution in [0, 0.1) is 11.3 Å². The van der Waals surface area contributed by atoms with Gasteiger partial charge in [0.05, 0.1) is 0 Å². The molecule has 0 aromatic rings. The second-order valence-corrected chi connectivity index (χ2v) is 4.62. The van der Waals surface area contributed by atoms with E-state index in [2.05, 4.69) is 10.5 Å². The number of hydrogen-bond donors (Lipinski definition) is 3. The molecule has 0 aliphatic carbocycles. The number of nitrogens with one attached hydrogen (secondary N) is 1. The number of oxime groups is 1. The number of nitrogens with zero attached hydrogens (tertiary/aromatic N) is 1. The Morgan fingerprint density at radius 2 is 1.87 bits per heavy atom. The molecule has 0 bridgehead atoms. The van der Waals surface area contributed by atoms with Crippen LogP contribution in [0.1, 0.15) is 34.6 Å². The normalized spacial score (nSPS) is 15.2. The van der Waals surface area contributed by atoms with E-state index in [0.29, 0.717) is 5.92 Å². The molecule has 0 radical (unpaired) electrons. The summed E-state index contributed by atoms with van der Waals surface area (Å²) in [5, 5.41) is 14.2. The first-order chi connectivity index (χ1) is 6.73. The van der Waals surface area contributed by atoms with E-state index in [-0.39, 0.29) is 17.8 Å². The number of nitrogens with two attached hydrogens (primary N) is 1. The molecule has 0 aromatic carbocycles. The molecule has 1 amide bonds. The number of amidine groups is 1. The van der Waals surface area contributed by atoms with Crippen LogP contribution in [0.3, 0.4) is 0 Å². The Hall–Kier alpha value is -1.26. The molecule has 4 N–H and O–H groups in total. The van der Waals surface area contributed by atoms with E-state index in [1.165, 1.54) is 0 Å². The molecule has 0 fully saturated rings. The van der Waals surface area contributed by atoms with E-state index in [4.69, 9.17) is 10.9 Å². The average Bonchev–Trinajstić information content (AvgIpc) is 2.15. The molecule has 0 spiro atoms. The van der Waals surface area contributed by atoms with Gasteiger partial charge in [0, 0.05) is 6.04 Å². The Labute approximate surface area is 90.7 Å². The van der Waals surface area contributed by atoms with E-state index >= 15 is 0 Å². The molecular formula is C10H21N3O2. The summed E-state index contributed by atoms with van der Waals surface area (Å²) in [5.74, 6) is 0.0204. The first-order valence-corrected chi connectivity index (χ1v) is 5.02.